The summed E-state index contributed by atoms with van der Waals surface area (Å²) < 4.78 is 23.6. The SMILES string of the molecule is CCOc1ccc(CN(C)Cn2nc(-c3ccccc3F)n(C)c2=S)cc1. The zero-order valence-electron chi connectivity index (χ0n) is 15.7. The Morgan fingerprint density at radius 3 is 2.52 bits per heavy atom. The lowest BCUT2D eigenvalue weighted by molar-refractivity contribution is 0.244. The van der Waals surface area contributed by atoms with Gasteiger partial charge in [-0.3, -0.25) is 4.90 Å². The molecule has 0 saturated heterocycles. The maximum atomic E-state index is 14.1. The topological polar surface area (TPSA) is 35.2 Å². The summed E-state index contributed by atoms with van der Waals surface area (Å²) in [6.45, 7) is 3.86. The van der Waals surface area contributed by atoms with Crippen LogP contribution in [0, 0.1) is 10.6 Å². The van der Waals surface area contributed by atoms with E-state index in [0.717, 1.165) is 17.9 Å². The first kappa shape index (κ1) is 19.3. The Morgan fingerprint density at radius 2 is 1.85 bits per heavy atom. The van der Waals surface area contributed by atoms with Gasteiger partial charge in [0.25, 0.3) is 0 Å². The second-order valence-electron chi connectivity index (χ2n) is 6.38. The first-order valence-corrected chi connectivity index (χ1v) is 9.19. The number of hydrogen-bond acceptors (Lipinski definition) is 4. The Morgan fingerprint density at radius 1 is 1.15 bits per heavy atom. The molecule has 0 spiro atoms. The largest absolute Gasteiger partial charge is 0.494 e. The summed E-state index contributed by atoms with van der Waals surface area (Å²) in [5, 5.41) is 4.53. The van der Waals surface area contributed by atoms with Crippen LogP contribution in [0.25, 0.3) is 11.4 Å². The molecule has 27 heavy (non-hydrogen) atoms. The molecule has 0 aliphatic rings. The van der Waals surface area contributed by atoms with E-state index in [1.165, 1.54) is 6.07 Å². The van der Waals surface area contributed by atoms with Crippen molar-refractivity contribution in [1.29, 1.82) is 0 Å². The molecular formula is C20H23FN4OS. The molecule has 0 aliphatic carbocycles. The van der Waals surface area contributed by atoms with E-state index >= 15 is 0 Å². The molecule has 2 aromatic carbocycles. The fraction of sp³-hybridized carbons (Fsp3) is 0.300. The lowest BCUT2D eigenvalue weighted by Crippen LogP contribution is -2.22. The van der Waals surface area contributed by atoms with E-state index in [-0.39, 0.29) is 5.82 Å². The molecule has 3 aromatic rings. The van der Waals surface area contributed by atoms with Crippen LogP contribution in [0.1, 0.15) is 12.5 Å². The molecule has 0 unspecified atom stereocenters. The van der Waals surface area contributed by atoms with Crippen molar-refractivity contribution in [2.45, 2.75) is 20.1 Å². The van der Waals surface area contributed by atoms with Crippen molar-refractivity contribution in [1.82, 2.24) is 19.2 Å². The zero-order chi connectivity index (χ0) is 19.4. The van der Waals surface area contributed by atoms with Gasteiger partial charge in [-0.1, -0.05) is 24.3 Å². The third-order valence-electron chi connectivity index (χ3n) is 4.22. The Bertz CT molecular complexity index is 965. The zero-order valence-corrected chi connectivity index (χ0v) is 16.5. The van der Waals surface area contributed by atoms with E-state index in [4.69, 9.17) is 17.0 Å². The van der Waals surface area contributed by atoms with Gasteiger partial charge in [0, 0.05) is 13.6 Å². The fourth-order valence-corrected chi connectivity index (χ4v) is 3.09. The van der Waals surface area contributed by atoms with Crippen molar-refractivity contribution in [3.05, 3.63) is 64.7 Å². The van der Waals surface area contributed by atoms with Crippen LogP contribution < -0.4 is 4.74 Å². The quantitative estimate of drug-likeness (QED) is 0.569. The highest BCUT2D eigenvalue weighted by molar-refractivity contribution is 7.71. The van der Waals surface area contributed by atoms with Crippen molar-refractivity contribution in [3.8, 4) is 17.1 Å². The molecular weight excluding hydrogens is 363 g/mol. The normalized spacial score (nSPS) is 11.1. The first-order chi connectivity index (χ1) is 13.0. The van der Waals surface area contributed by atoms with Gasteiger partial charge in [-0.15, -0.1) is 0 Å². The summed E-state index contributed by atoms with van der Waals surface area (Å²) in [4.78, 5) is 2.10. The minimum Gasteiger partial charge on any atom is -0.494 e. The molecule has 0 N–H and O–H groups in total. The Kier molecular flexibility index (Phi) is 6.03. The van der Waals surface area contributed by atoms with Crippen LogP contribution in [0.2, 0.25) is 0 Å². The fourth-order valence-electron chi connectivity index (χ4n) is 2.91. The van der Waals surface area contributed by atoms with Crippen LogP contribution in [-0.2, 0) is 20.3 Å². The van der Waals surface area contributed by atoms with E-state index < -0.39 is 0 Å². The van der Waals surface area contributed by atoms with Crippen LogP contribution in [0.3, 0.4) is 0 Å². The number of halogens is 1. The minimum atomic E-state index is -0.310. The smallest absolute Gasteiger partial charge is 0.199 e. The molecule has 3 rings (SSSR count). The Balaban J connectivity index is 1.75. The maximum Gasteiger partial charge on any atom is 0.199 e. The van der Waals surface area contributed by atoms with Crippen molar-refractivity contribution in [2.75, 3.05) is 13.7 Å². The van der Waals surface area contributed by atoms with Crippen LogP contribution in [0.15, 0.2) is 48.5 Å². The van der Waals surface area contributed by atoms with Gasteiger partial charge in [0.2, 0.25) is 0 Å². The van der Waals surface area contributed by atoms with Crippen LogP contribution >= 0.6 is 12.2 Å². The summed E-state index contributed by atoms with van der Waals surface area (Å²) in [5.41, 5.74) is 1.61. The van der Waals surface area contributed by atoms with E-state index in [2.05, 4.69) is 10.00 Å². The van der Waals surface area contributed by atoms with Gasteiger partial charge in [-0.05, 0) is 56.0 Å². The molecule has 5 nitrogen and oxygen atoms in total. The van der Waals surface area contributed by atoms with Gasteiger partial charge in [0.1, 0.15) is 11.6 Å². The number of hydrogen-bond donors (Lipinski definition) is 0. The monoisotopic (exact) mass is 386 g/mol. The van der Waals surface area contributed by atoms with E-state index in [0.29, 0.717) is 29.4 Å². The maximum absolute atomic E-state index is 14.1. The number of aromatic nitrogens is 3. The van der Waals surface area contributed by atoms with Crippen LogP contribution in [-0.4, -0.2) is 32.9 Å². The first-order valence-electron chi connectivity index (χ1n) is 8.78. The molecule has 0 atom stereocenters. The van der Waals surface area contributed by atoms with Gasteiger partial charge < -0.3 is 9.30 Å². The summed E-state index contributed by atoms with van der Waals surface area (Å²) >= 11 is 5.48. The van der Waals surface area contributed by atoms with Crippen molar-refractivity contribution in [2.24, 2.45) is 7.05 Å². The van der Waals surface area contributed by atoms with E-state index in [1.54, 1.807) is 34.5 Å². The van der Waals surface area contributed by atoms with Gasteiger partial charge in [-0.2, -0.15) is 5.10 Å². The number of benzene rings is 2. The van der Waals surface area contributed by atoms with Gasteiger partial charge in [0.05, 0.1) is 18.8 Å². The molecule has 0 amide bonds. The Labute approximate surface area is 163 Å². The van der Waals surface area contributed by atoms with Gasteiger partial charge >= 0.3 is 0 Å². The second kappa shape index (κ2) is 8.45. The summed E-state index contributed by atoms with van der Waals surface area (Å²) in [6, 6.07) is 14.6. The molecule has 142 valence electrons. The highest BCUT2D eigenvalue weighted by Crippen LogP contribution is 2.21. The van der Waals surface area contributed by atoms with Crippen LogP contribution in [0.5, 0.6) is 5.75 Å². The molecule has 0 aliphatic heterocycles. The second-order valence-corrected chi connectivity index (χ2v) is 6.74. The van der Waals surface area contributed by atoms with Crippen LogP contribution in [0.4, 0.5) is 4.39 Å². The predicted molar refractivity (Wildman–Crippen MR) is 107 cm³/mol. The standard InChI is InChI=1S/C20H23FN4OS/c1-4-26-16-11-9-15(10-12-16)13-23(2)14-25-20(27)24(3)19(22-25)17-7-5-6-8-18(17)21/h5-12H,4,13-14H2,1-3H3. The highest BCUT2D eigenvalue weighted by atomic mass is 32.1. The van der Waals surface area contributed by atoms with Crippen molar-refractivity contribution in [3.63, 3.8) is 0 Å². The lowest BCUT2D eigenvalue weighted by atomic mass is 10.2. The van der Waals surface area contributed by atoms with E-state index in [1.807, 2.05) is 38.2 Å². The minimum absolute atomic E-state index is 0.310. The molecule has 1 heterocycles. The van der Waals surface area contributed by atoms with Gasteiger partial charge in [0.15, 0.2) is 10.6 Å². The van der Waals surface area contributed by atoms with Crippen molar-refractivity contribution >= 4 is 12.2 Å². The van der Waals surface area contributed by atoms with E-state index in [9.17, 15) is 4.39 Å². The van der Waals surface area contributed by atoms with Crippen molar-refractivity contribution < 1.29 is 9.13 Å². The number of nitrogens with zero attached hydrogens (tertiary/aromatic N) is 4. The molecule has 0 bridgehead atoms. The lowest BCUT2D eigenvalue weighted by Gasteiger charge is -2.16. The number of ether oxygens (including phenoxy) is 1. The highest BCUT2D eigenvalue weighted by Gasteiger charge is 2.14. The summed E-state index contributed by atoms with van der Waals surface area (Å²) in [6.07, 6.45) is 0. The summed E-state index contributed by atoms with van der Waals surface area (Å²) in [5.74, 6) is 1.08. The third-order valence-corrected chi connectivity index (χ3v) is 4.70. The molecule has 7 heteroatoms. The molecule has 0 fully saturated rings. The summed E-state index contributed by atoms with van der Waals surface area (Å²) in [7, 11) is 3.80. The predicted octanol–water partition coefficient (Wildman–Crippen LogP) is 4.25. The average molecular weight is 386 g/mol. The molecule has 1 aromatic heterocycles. The molecule has 0 saturated carbocycles. The number of rotatable bonds is 7. The average Bonchev–Trinajstić information content (AvgIpc) is 2.92. The van der Waals surface area contributed by atoms with Gasteiger partial charge in [-0.25, -0.2) is 9.07 Å². The third kappa shape index (κ3) is 4.43. The molecule has 0 radical (unpaired) electrons. The Hall–Kier alpha value is -2.51.